The zero-order chi connectivity index (χ0) is 17.1. The van der Waals surface area contributed by atoms with E-state index in [0.717, 1.165) is 55.6 Å². The highest BCUT2D eigenvalue weighted by molar-refractivity contribution is 7.12. The smallest absolute Gasteiger partial charge is 0.265 e. The zero-order valence-electron chi connectivity index (χ0n) is 14.2. The quantitative estimate of drug-likeness (QED) is 0.910. The van der Waals surface area contributed by atoms with E-state index in [0.29, 0.717) is 0 Å². The minimum atomic E-state index is -0.0388. The molecule has 3 heterocycles. The minimum Gasteiger partial charge on any atom is -0.378 e. The molecule has 1 aromatic heterocycles. The Morgan fingerprint density at radius 3 is 2.56 bits per heavy atom. The molecule has 1 aromatic carbocycles. The van der Waals surface area contributed by atoms with E-state index in [-0.39, 0.29) is 5.91 Å². The molecule has 2 aliphatic rings. The largest absolute Gasteiger partial charge is 0.378 e. The van der Waals surface area contributed by atoms with Crippen LogP contribution in [0.15, 0.2) is 35.7 Å². The van der Waals surface area contributed by atoms with Crippen LogP contribution in [0.4, 0.5) is 17.1 Å². The number of benzene rings is 1. The number of nitrogens with zero attached hydrogens (tertiary/aromatic N) is 2. The first-order valence-electron chi connectivity index (χ1n) is 8.88. The number of ether oxygens (including phenoxy) is 1. The number of anilines is 3. The molecule has 0 radical (unpaired) electrons. The first kappa shape index (κ1) is 16.4. The molecule has 4 rings (SSSR count). The van der Waals surface area contributed by atoms with Crippen molar-refractivity contribution in [3.05, 3.63) is 40.6 Å². The first-order chi connectivity index (χ1) is 12.3. The van der Waals surface area contributed by atoms with Crippen molar-refractivity contribution >= 4 is 34.3 Å². The maximum absolute atomic E-state index is 12.6. The Kier molecular flexibility index (Phi) is 4.90. The lowest BCUT2D eigenvalue weighted by Gasteiger charge is -2.31. The topological polar surface area (TPSA) is 44.8 Å². The van der Waals surface area contributed by atoms with Crippen LogP contribution in [0.25, 0.3) is 0 Å². The van der Waals surface area contributed by atoms with Gasteiger partial charge in [-0.3, -0.25) is 4.79 Å². The highest BCUT2D eigenvalue weighted by Crippen LogP contribution is 2.33. The van der Waals surface area contributed by atoms with Gasteiger partial charge in [-0.2, -0.15) is 0 Å². The summed E-state index contributed by atoms with van der Waals surface area (Å²) < 4.78 is 5.47. The van der Waals surface area contributed by atoms with Gasteiger partial charge in [0.1, 0.15) is 0 Å². The summed E-state index contributed by atoms with van der Waals surface area (Å²) in [6, 6.07) is 10.2. The first-order valence-corrected chi connectivity index (χ1v) is 9.76. The molecule has 2 aromatic rings. The van der Waals surface area contributed by atoms with Gasteiger partial charge in [0, 0.05) is 31.9 Å². The summed E-state index contributed by atoms with van der Waals surface area (Å²) in [4.78, 5) is 18.0. The summed E-state index contributed by atoms with van der Waals surface area (Å²) in [6.45, 7) is 5.35. The SMILES string of the molecule is O=C(Nc1cc(N2CCCC2)ccc1N1CCOCC1)c1cccs1. The van der Waals surface area contributed by atoms with Gasteiger partial charge in [0.2, 0.25) is 0 Å². The molecule has 2 fully saturated rings. The lowest BCUT2D eigenvalue weighted by Crippen LogP contribution is -2.36. The normalized spacial score (nSPS) is 17.8. The van der Waals surface area contributed by atoms with Crippen molar-refractivity contribution in [1.29, 1.82) is 0 Å². The van der Waals surface area contributed by atoms with Gasteiger partial charge in [0.15, 0.2) is 0 Å². The number of carbonyl (C=O) groups excluding carboxylic acids is 1. The number of hydrogen-bond donors (Lipinski definition) is 1. The van der Waals surface area contributed by atoms with Crippen LogP contribution < -0.4 is 15.1 Å². The highest BCUT2D eigenvalue weighted by atomic mass is 32.1. The third-order valence-corrected chi connectivity index (χ3v) is 5.66. The number of amides is 1. The van der Waals surface area contributed by atoms with Crippen LogP contribution in [0.5, 0.6) is 0 Å². The van der Waals surface area contributed by atoms with Crippen LogP contribution in [0, 0.1) is 0 Å². The van der Waals surface area contributed by atoms with E-state index in [4.69, 9.17) is 4.74 Å². The molecule has 0 bridgehead atoms. The van der Waals surface area contributed by atoms with Crippen LogP contribution >= 0.6 is 11.3 Å². The number of carbonyl (C=O) groups is 1. The van der Waals surface area contributed by atoms with E-state index in [1.807, 2.05) is 17.5 Å². The van der Waals surface area contributed by atoms with E-state index in [1.165, 1.54) is 29.9 Å². The van der Waals surface area contributed by atoms with Gasteiger partial charge in [0.25, 0.3) is 5.91 Å². The summed E-state index contributed by atoms with van der Waals surface area (Å²) in [7, 11) is 0. The molecule has 0 spiro atoms. The van der Waals surface area contributed by atoms with Crippen LogP contribution in [0.1, 0.15) is 22.5 Å². The van der Waals surface area contributed by atoms with E-state index in [9.17, 15) is 4.79 Å². The molecule has 25 heavy (non-hydrogen) atoms. The summed E-state index contributed by atoms with van der Waals surface area (Å²) in [5, 5.41) is 5.07. The van der Waals surface area contributed by atoms with E-state index in [1.54, 1.807) is 0 Å². The lowest BCUT2D eigenvalue weighted by atomic mass is 10.2. The van der Waals surface area contributed by atoms with Crippen LogP contribution in [-0.2, 0) is 4.74 Å². The van der Waals surface area contributed by atoms with E-state index < -0.39 is 0 Å². The van der Waals surface area contributed by atoms with E-state index >= 15 is 0 Å². The summed E-state index contributed by atoms with van der Waals surface area (Å²) in [5.41, 5.74) is 3.16. The van der Waals surface area contributed by atoms with E-state index in [2.05, 4.69) is 33.3 Å². The Labute approximate surface area is 152 Å². The van der Waals surface area contributed by atoms with Crippen molar-refractivity contribution in [2.45, 2.75) is 12.8 Å². The molecule has 2 aliphatic heterocycles. The third-order valence-electron chi connectivity index (χ3n) is 4.80. The Balaban J connectivity index is 1.63. The van der Waals surface area contributed by atoms with Gasteiger partial charge in [-0.05, 0) is 42.5 Å². The zero-order valence-corrected chi connectivity index (χ0v) is 15.1. The molecular weight excluding hydrogens is 334 g/mol. The summed E-state index contributed by atoms with van der Waals surface area (Å²) in [6.07, 6.45) is 2.48. The number of nitrogens with one attached hydrogen (secondary N) is 1. The second kappa shape index (κ2) is 7.45. The second-order valence-corrected chi connectivity index (χ2v) is 7.37. The van der Waals surface area contributed by atoms with Crippen molar-refractivity contribution < 1.29 is 9.53 Å². The van der Waals surface area contributed by atoms with Crippen LogP contribution in [-0.4, -0.2) is 45.3 Å². The Hall–Kier alpha value is -2.05. The molecule has 5 nitrogen and oxygen atoms in total. The standard InChI is InChI=1S/C19H23N3O2S/c23-19(18-4-3-13-25-18)20-16-14-15(21-7-1-2-8-21)5-6-17(16)22-9-11-24-12-10-22/h3-6,13-14H,1-2,7-12H2,(H,20,23). The molecule has 132 valence electrons. The molecule has 1 amide bonds. The predicted octanol–water partition coefficient (Wildman–Crippen LogP) is 3.44. The molecule has 1 N–H and O–H groups in total. The fourth-order valence-electron chi connectivity index (χ4n) is 3.47. The molecular formula is C19H23N3O2S. The van der Waals surface area contributed by atoms with Crippen molar-refractivity contribution in [3.8, 4) is 0 Å². The Morgan fingerprint density at radius 1 is 1.04 bits per heavy atom. The molecule has 6 heteroatoms. The van der Waals surface area contributed by atoms with Gasteiger partial charge >= 0.3 is 0 Å². The van der Waals surface area contributed by atoms with Crippen LogP contribution in [0.2, 0.25) is 0 Å². The number of thiophene rings is 1. The van der Waals surface area contributed by atoms with Crippen molar-refractivity contribution in [2.75, 3.05) is 54.5 Å². The number of rotatable bonds is 4. The molecule has 2 saturated heterocycles. The monoisotopic (exact) mass is 357 g/mol. The molecule has 0 atom stereocenters. The fraction of sp³-hybridized carbons (Fsp3) is 0.421. The van der Waals surface area contributed by atoms with Gasteiger partial charge < -0.3 is 19.9 Å². The fourth-order valence-corrected chi connectivity index (χ4v) is 4.09. The maximum Gasteiger partial charge on any atom is 0.265 e. The van der Waals surface area contributed by atoms with Crippen LogP contribution in [0.3, 0.4) is 0 Å². The third kappa shape index (κ3) is 3.65. The Bertz CT molecular complexity index is 720. The minimum absolute atomic E-state index is 0.0388. The van der Waals surface area contributed by atoms with Gasteiger partial charge in [-0.15, -0.1) is 11.3 Å². The highest BCUT2D eigenvalue weighted by Gasteiger charge is 2.20. The van der Waals surface area contributed by atoms with Gasteiger partial charge in [-0.1, -0.05) is 6.07 Å². The Morgan fingerprint density at radius 2 is 1.84 bits per heavy atom. The average Bonchev–Trinajstić information content (AvgIpc) is 3.36. The summed E-state index contributed by atoms with van der Waals surface area (Å²) in [5.74, 6) is -0.0388. The average molecular weight is 357 g/mol. The van der Waals surface area contributed by atoms with Crippen molar-refractivity contribution in [1.82, 2.24) is 0 Å². The van der Waals surface area contributed by atoms with Crippen molar-refractivity contribution in [3.63, 3.8) is 0 Å². The van der Waals surface area contributed by atoms with Gasteiger partial charge in [-0.25, -0.2) is 0 Å². The second-order valence-electron chi connectivity index (χ2n) is 6.43. The molecule has 0 saturated carbocycles. The predicted molar refractivity (Wildman–Crippen MR) is 103 cm³/mol. The molecule has 0 unspecified atom stereocenters. The number of morpholine rings is 1. The summed E-state index contributed by atoms with van der Waals surface area (Å²) >= 11 is 1.47. The maximum atomic E-state index is 12.6. The van der Waals surface area contributed by atoms with Crippen molar-refractivity contribution in [2.24, 2.45) is 0 Å². The molecule has 0 aliphatic carbocycles. The number of hydrogen-bond acceptors (Lipinski definition) is 5. The van der Waals surface area contributed by atoms with Gasteiger partial charge in [0.05, 0.1) is 29.5 Å². The lowest BCUT2D eigenvalue weighted by molar-refractivity contribution is 0.103.